The number of thioether (sulfide) groups is 1. The van der Waals surface area contributed by atoms with Gasteiger partial charge in [0.1, 0.15) is 11.5 Å². The average Bonchev–Trinajstić information content (AvgIpc) is 2.65. The van der Waals surface area contributed by atoms with E-state index in [0.29, 0.717) is 6.54 Å². The lowest BCUT2D eigenvalue weighted by Crippen LogP contribution is -2.15. The first kappa shape index (κ1) is 22.9. The molecule has 0 bridgehead atoms. The number of ether oxygens (including phenoxy) is 2. The molecule has 0 heterocycles. The molecule has 0 amide bonds. The van der Waals surface area contributed by atoms with Crippen LogP contribution in [0.2, 0.25) is 0 Å². The summed E-state index contributed by atoms with van der Waals surface area (Å²) in [5.74, 6) is 2.46. The highest BCUT2D eigenvalue weighted by atomic mass is 32.2. The van der Waals surface area contributed by atoms with E-state index in [0.717, 1.165) is 29.2 Å². The van der Waals surface area contributed by atoms with E-state index in [-0.39, 0.29) is 6.04 Å². The molecule has 27 heavy (non-hydrogen) atoms. The van der Waals surface area contributed by atoms with Gasteiger partial charge in [0.05, 0.1) is 14.2 Å². The molecule has 1 atom stereocenters. The van der Waals surface area contributed by atoms with Crippen molar-refractivity contribution in [2.45, 2.75) is 26.3 Å². The first-order valence-electron chi connectivity index (χ1n) is 8.77. The van der Waals surface area contributed by atoms with Crippen LogP contribution in [0.3, 0.4) is 0 Å². The number of rotatable bonds is 7. The van der Waals surface area contributed by atoms with Gasteiger partial charge in [-0.25, -0.2) is 0 Å². The van der Waals surface area contributed by atoms with Crippen molar-refractivity contribution in [2.75, 3.05) is 26.5 Å². The molecule has 0 spiro atoms. The van der Waals surface area contributed by atoms with E-state index in [4.69, 9.17) is 27.4 Å². The quantitative estimate of drug-likeness (QED) is 0.559. The lowest BCUT2D eigenvalue weighted by molar-refractivity contribution is 0.395. The highest BCUT2D eigenvalue weighted by Gasteiger charge is 2.14. The molecule has 0 fully saturated rings. The smallest absolute Gasteiger partial charge is 0.123 e. The van der Waals surface area contributed by atoms with E-state index in [1.54, 1.807) is 14.2 Å². The standard InChI is InChI=1S/C18H23NO2.C4H7NS/c1-12-7-13(2)9-14(8-12)10-17(19)16-11-15(20-3)5-6-18(16)21-4;1-2-6-4-3-5/h5-9,11,17H,10,19H2,1-4H3;1H,3-5H2. The summed E-state index contributed by atoms with van der Waals surface area (Å²) >= 11 is 1.41. The zero-order valence-corrected chi connectivity index (χ0v) is 17.4. The Hall–Kier alpha value is -2.13. The summed E-state index contributed by atoms with van der Waals surface area (Å²) in [6.07, 6.45) is 5.64. The zero-order chi connectivity index (χ0) is 20.2. The summed E-state index contributed by atoms with van der Waals surface area (Å²) in [7, 11) is 3.32. The van der Waals surface area contributed by atoms with Gasteiger partial charge in [0.15, 0.2) is 0 Å². The number of terminal acetylenes is 1. The molecule has 2 aromatic carbocycles. The van der Waals surface area contributed by atoms with Crippen LogP contribution in [0.1, 0.15) is 28.3 Å². The molecule has 1 unspecified atom stereocenters. The molecule has 2 aromatic rings. The molecule has 0 aromatic heterocycles. The normalized spacial score (nSPS) is 11.0. The minimum atomic E-state index is -0.128. The second-order valence-corrected chi connectivity index (χ2v) is 7.10. The summed E-state index contributed by atoms with van der Waals surface area (Å²) < 4.78 is 10.7. The molecule has 0 saturated heterocycles. The van der Waals surface area contributed by atoms with E-state index in [1.165, 1.54) is 28.5 Å². The number of benzene rings is 2. The molecule has 5 heteroatoms. The number of hydrogen-bond acceptors (Lipinski definition) is 5. The predicted octanol–water partition coefficient (Wildman–Crippen LogP) is 3.83. The first-order valence-corrected chi connectivity index (χ1v) is 9.75. The van der Waals surface area contributed by atoms with E-state index < -0.39 is 0 Å². The van der Waals surface area contributed by atoms with Gasteiger partial charge in [0, 0.05) is 23.9 Å². The Morgan fingerprint density at radius 1 is 1.07 bits per heavy atom. The van der Waals surface area contributed by atoms with Crippen molar-refractivity contribution in [1.82, 2.24) is 0 Å². The number of methoxy groups -OCH3 is 2. The molecular weight excluding hydrogens is 356 g/mol. The fraction of sp³-hybridized carbons (Fsp3) is 0.364. The van der Waals surface area contributed by atoms with Crippen LogP contribution in [-0.2, 0) is 6.42 Å². The van der Waals surface area contributed by atoms with Crippen LogP contribution in [0.4, 0.5) is 0 Å². The monoisotopic (exact) mass is 386 g/mol. The minimum Gasteiger partial charge on any atom is -0.497 e. The zero-order valence-electron chi connectivity index (χ0n) is 16.6. The molecule has 0 aliphatic carbocycles. The SMILES string of the molecule is C#CSCCN.COc1ccc(OC)c(C(N)Cc2cc(C)cc(C)c2)c1. The van der Waals surface area contributed by atoms with Crippen molar-refractivity contribution in [3.8, 4) is 23.2 Å². The topological polar surface area (TPSA) is 70.5 Å². The maximum Gasteiger partial charge on any atom is 0.123 e. The van der Waals surface area contributed by atoms with Crippen LogP contribution in [0.15, 0.2) is 36.4 Å². The first-order chi connectivity index (χ1) is 12.9. The van der Waals surface area contributed by atoms with Gasteiger partial charge in [-0.3, -0.25) is 0 Å². The molecule has 146 valence electrons. The molecule has 4 nitrogen and oxygen atoms in total. The van der Waals surface area contributed by atoms with Crippen molar-refractivity contribution < 1.29 is 9.47 Å². The molecule has 4 N–H and O–H groups in total. The van der Waals surface area contributed by atoms with Crippen molar-refractivity contribution in [3.63, 3.8) is 0 Å². The largest absolute Gasteiger partial charge is 0.497 e. The van der Waals surface area contributed by atoms with Crippen molar-refractivity contribution in [1.29, 1.82) is 0 Å². The van der Waals surface area contributed by atoms with Crippen molar-refractivity contribution in [2.24, 2.45) is 11.5 Å². The minimum absolute atomic E-state index is 0.128. The molecule has 0 radical (unpaired) electrons. The molecular formula is C22H30N2O2S. The van der Waals surface area contributed by atoms with Gasteiger partial charge in [-0.05, 0) is 49.3 Å². The van der Waals surface area contributed by atoms with Gasteiger partial charge in [0.25, 0.3) is 0 Å². The Balaban J connectivity index is 0.000000527. The van der Waals surface area contributed by atoms with Crippen LogP contribution in [0, 0.1) is 25.5 Å². The van der Waals surface area contributed by atoms with Crippen LogP contribution in [-0.4, -0.2) is 26.5 Å². The third-order valence-electron chi connectivity index (χ3n) is 3.88. The summed E-state index contributed by atoms with van der Waals surface area (Å²) in [5.41, 5.74) is 16.2. The average molecular weight is 387 g/mol. The Kier molecular flexibility index (Phi) is 10.4. The Bertz CT molecular complexity index is 736. The number of hydrogen-bond donors (Lipinski definition) is 2. The number of aryl methyl sites for hydroxylation is 2. The maximum atomic E-state index is 6.39. The lowest BCUT2D eigenvalue weighted by Gasteiger charge is -2.17. The Labute approximate surface area is 167 Å². The second-order valence-electron chi connectivity index (χ2n) is 6.17. The van der Waals surface area contributed by atoms with Gasteiger partial charge in [-0.1, -0.05) is 41.1 Å². The maximum absolute atomic E-state index is 6.39. The van der Waals surface area contributed by atoms with Crippen LogP contribution in [0.5, 0.6) is 11.5 Å². The summed E-state index contributed by atoms with van der Waals surface area (Å²) in [6, 6.07) is 12.1. The van der Waals surface area contributed by atoms with Gasteiger partial charge in [-0.15, -0.1) is 6.42 Å². The highest BCUT2D eigenvalue weighted by Crippen LogP contribution is 2.30. The van der Waals surface area contributed by atoms with Crippen LogP contribution in [0.25, 0.3) is 0 Å². The van der Waals surface area contributed by atoms with Crippen molar-refractivity contribution >= 4 is 11.8 Å². The fourth-order valence-electron chi connectivity index (χ4n) is 2.80. The third-order valence-corrected chi connectivity index (χ3v) is 4.48. The Morgan fingerprint density at radius 3 is 2.22 bits per heavy atom. The highest BCUT2D eigenvalue weighted by molar-refractivity contribution is 8.03. The number of nitrogens with two attached hydrogens (primary N) is 2. The van der Waals surface area contributed by atoms with E-state index >= 15 is 0 Å². The molecule has 0 saturated carbocycles. The van der Waals surface area contributed by atoms with Crippen molar-refractivity contribution in [3.05, 3.63) is 58.7 Å². The van der Waals surface area contributed by atoms with Gasteiger partial charge >= 0.3 is 0 Å². The van der Waals surface area contributed by atoms with Crippen LogP contribution >= 0.6 is 11.8 Å². The summed E-state index contributed by atoms with van der Waals surface area (Å²) in [5, 5.41) is 2.41. The predicted molar refractivity (Wildman–Crippen MR) is 116 cm³/mol. The fourth-order valence-corrected chi connectivity index (χ4v) is 3.03. The molecule has 0 aliphatic heterocycles. The Morgan fingerprint density at radius 2 is 1.74 bits per heavy atom. The summed E-state index contributed by atoms with van der Waals surface area (Å²) in [4.78, 5) is 0. The van der Waals surface area contributed by atoms with E-state index in [2.05, 4.69) is 37.3 Å². The third kappa shape index (κ3) is 7.96. The van der Waals surface area contributed by atoms with Crippen LogP contribution < -0.4 is 20.9 Å². The summed E-state index contributed by atoms with van der Waals surface area (Å²) in [6.45, 7) is 4.89. The molecule has 2 rings (SSSR count). The molecule has 0 aliphatic rings. The van der Waals surface area contributed by atoms with Gasteiger partial charge < -0.3 is 20.9 Å². The second kappa shape index (κ2) is 12.3. The van der Waals surface area contributed by atoms with E-state index in [9.17, 15) is 0 Å². The lowest BCUT2D eigenvalue weighted by atomic mass is 9.96. The van der Waals surface area contributed by atoms with E-state index in [1.807, 2.05) is 18.2 Å². The van der Waals surface area contributed by atoms with Gasteiger partial charge in [0.2, 0.25) is 0 Å². The van der Waals surface area contributed by atoms with Gasteiger partial charge in [-0.2, -0.15) is 0 Å².